The SMILES string of the molecule is CC[C@H](C1=CC=C/C(=C/N[C@@H](c2ccccc2)[C@@H](N/C=C2/C=CC=C([C@@H](CC)c3ccccc3)C2=O)c2ccccc2)C1=O)c1ccccc1.[Co]. The van der Waals surface area contributed by atoms with Crippen molar-refractivity contribution in [1.29, 1.82) is 0 Å². The van der Waals surface area contributed by atoms with Gasteiger partial charge in [-0.3, -0.25) is 9.59 Å². The van der Waals surface area contributed by atoms with E-state index in [-0.39, 0.29) is 52.3 Å². The van der Waals surface area contributed by atoms with Crippen molar-refractivity contribution in [2.45, 2.75) is 50.6 Å². The van der Waals surface area contributed by atoms with Crippen molar-refractivity contribution in [3.63, 3.8) is 0 Å². The summed E-state index contributed by atoms with van der Waals surface area (Å²) in [6, 6.07) is 40.4. The first kappa shape index (κ1) is 37.0. The van der Waals surface area contributed by atoms with Crippen LogP contribution >= 0.6 is 0 Å². The van der Waals surface area contributed by atoms with Crippen LogP contribution in [0.25, 0.3) is 0 Å². The summed E-state index contributed by atoms with van der Waals surface area (Å²) in [6.45, 7) is 4.24. The molecule has 2 aliphatic rings. The van der Waals surface area contributed by atoms with Crippen molar-refractivity contribution in [2.75, 3.05) is 0 Å². The van der Waals surface area contributed by atoms with Crippen LogP contribution in [0.1, 0.15) is 72.9 Å². The fourth-order valence-electron chi connectivity index (χ4n) is 7.01. The number of hydrogen-bond acceptors (Lipinski definition) is 4. The van der Waals surface area contributed by atoms with Crippen LogP contribution in [-0.4, -0.2) is 11.6 Å². The van der Waals surface area contributed by atoms with Crippen molar-refractivity contribution in [3.8, 4) is 0 Å². The molecule has 0 bridgehead atoms. The third-order valence-electron chi connectivity index (χ3n) is 9.61. The molecule has 5 heteroatoms. The minimum atomic E-state index is -0.278. The van der Waals surface area contributed by atoms with Crippen molar-refractivity contribution in [3.05, 3.63) is 215 Å². The Morgan fingerprint density at radius 1 is 0.490 bits per heavy atom. The van der Waals surface area contributed by atoms with Crippen LogP contribution in [0.15, 0.2) is 192 Å². The summed E-state index contributed by atoms with van der Waals surface area (Å²) in [4.78, 5) is 27.9. The van der Waals surface area contributed by atoms with Gasteiger partial charge in [-0.15, -0.1) is 0 Å². The van der Waals surface area contributed by atoms with Gasteiger partial charge >= 0.3 is 0 Å². The molecule has 6 rings (SSSR count). The van der Waals surface area contributed by atoms with Crippen molar-refractivity contribution in [2.24, 2.45) is 0 Å². The number of hydrogen-bond donors (Lipinski definition) is 2. The molecule has 0 amide bonds. The zero-order valence-electron chi connectivity index (χ0n) is 29.0. The smallest absolute Gasteiger partial charge is 0.191 e. The van der Waals surface area contributed by atoms with E-state index in [1.54, 1.807) is 0 Å². The molecule has 1 radical (unpaired) electrons. The molecule has 2 aliphatic carbocycles. The number of nitrogens with one attached hydrogen (secondary N) is 2. The van der Waals surface area contributed by atoms with Gasteiger partial charge in [0, 0.05) is 63.3 Å². The Morgan fingerprint density at radius 2 is 0.804 bits per heavy atom. The molecule has 2 N–H and O–H groups in total. The van der Waals surface area contributed by atoms with Crippen LogP contribution in [0.5, 0.6) is 0 Å². The molecule has 0 aliphatic heterocycles. The van der Waals surface area contributed by atoms with E-state index in [1.165, 1.54) is 0 Å². The van der Waals surface area contributed by atoms with Gasteiger partial charge in [0.1, 0.15) is 0 Å². The van der Waals surface area contributed by atoms with Gasteiger partial charge in [-0.25, -0.2) is 0 Å². The molecule has 0 unspecified atom stereocenters. The first-order chi connectivity index (χ1) is 24.6. The second-order valence-corrected chi connectivity index (χ2v) is 12.7. The molecule has 0 aromatic heterocycles. The molecule has 4 aromatic carbocycles. The fraction of sp³-hybridized carbons (Fsp3) is 0.174. The molecular formula is C46H44CoN2O2. The van der Waals surface area contributed by atoms with Crippen molar-refractivity contribution < 1.29 is 26.4 Å². The Kier molecular flexibility index (Phi) is 13.2. The van der Waals surface area contributed by atoms with Crippen molar-refractivity contribution >= 4 is 11.6 Å². The Hall–Kier alpha value is -5.23. The number of allylic oxidation sites excluding steroid dienone is 10. The summed E-state index contributed by atoms with van der Waals surface area (Å²) in [5.41, 5.74) is 7.16. The van der Waals surface area contributed by atoms with Gasteiger partial charge < -0.3 is 10.6 Å². The van der Waals surface area contributed by atoms with Crippen molar-refractivity contribution in [1.82, 2.24) is 10.6 Å². The minimum absolute atomic E-state index is 0. The first-order valence-corrected chi connectivity index (χ1v) is 17.6. The van der Waals surface area contributed by atoms with E-state index in [1.807, 2.05) is 122 Å². The first-order valence-electron chi connectivity index (χ1n) is 17.6. The maximum absolute atomic E-state index is 14.0. The molecule has 4 nitrogen and oxygen atoms in total. The Bertz CT molecular complexity index is 1810. The molecular weight excluding hydrogens is 671 g/mol. The standard InChI is InChI=1S/C46H44N2O2.Co/c1-3-39(33-19-9-5-10-20-33)41-29-17-27-37(45(41)49)31-47-43(35-23-13-7-14-24-35)44(36-25-15-8-16-26-36)48-32-38-28-18-30-42(46(38)50)40(4-2)34-21-11-6-12-22-34;/h5-32,39-40,43-44,47-48H,3-4H2,1-2H3;/b37-31-,38-32-;/t39-,40-,43-,44-;/m0./s1. The van der Waals surface area contributed by atoms with E-state index >= 15 is 0 Å². The zero-order chi connectivity index (χ0) is 34.7. The molecule has 0 heterocycles. The monoisotopic (exact) mass is 715 g/mol. The number of carbonyl (C=O) groups excluding carboxylic acids is 2. The third-order valence-corrected chi connectivity index (χ3v) is 9.61. The number of carbonyl (C=O) groups is 2. The van der Waals surface area contributed by atoms with E-state index in [0.717, 1.165) is 46.2 Å². The zero-order valence-corrected chi connectivity index (χ0v) is 30.1. The van der Waals surface area contributed by atoms with Crippen LogP contribution in [0.4, 0.5) is 0 Å². The summed E-state index contributed by atoms with van der Waals surface area (Å²) in [6.07, 6.45) is 16.9. The summed E-state index contributed by atoms with van der Waals surface area (Å²) in [5.74, 6) is 0.0770. The molecule has 0 saturated carbocycles. The number of ketones is 2. The molecule has 4 atom stereocenters. The van der Waals surface area contributed by atoms with E-state index in [0.29, 0.717) is 11.1 Å². The van der Waals surface area contributed by atoms with Crippen LogP contribution in [0, 0.1) is 0 Å². The maximum atomic E-state index is 14.0. The summed E-state index contributed by atoms with van der Waals surface area (Å²) < 4.78 is 0. The summed E-state index contributed by atoms with van der Waals surface area (Å²) in [7, 11) is 0. The van der Waals surface area contributed by atoms with Crippen LogP contribution in [0.3, 0.4) is 0 Å². The van der Waals surface area contributed by atoms with Crippen LogP contribution in [0.2, 0.25) is 0 Å². The van der Waals surface area contributed by atoms with Gasteiger partial charge in [0.05, 0.1) is 12.1 Å². The van der Waals surface area contributed by atoms with Crippen LogP contribution < -0.4 is 10.6 Å². The molecule has 0 fully saturated rings. The van der Waals surface area contributed by atoms with Crippen LogP contribution in [-0.2, 0) is 26.4 Å². The Balaban J connectivity index is 0.00000504. The normalized spacial score (nSPS) is 17.9. The van der Waals surface area contributed by atoms with E-state index in [4.69, 9.17) is 0 Å². The largest absolute Gasteiger partial charge is 0.381 e. The molecule has 4 aromatic rings. The van der Waals surface area contributed by atoms with E-state index in [9.17, 15) is 9.59 Å². The molecule has 51 heavy (non-hydrogen) atoms. The second-order valence-electron chi connectivity index (χ2n) is 12.7. The topological polar surface area (TPSA) is 58.2 Å². The number of rotatable bonds is 13. The van der Waals surface area contributed by atoms with E-state index < -0.39 is 0 Å². The molecule has 259 valence electrons. The summed E-state index contributed by atoms with van der Waals surface area (Å²) in [5, 5.41) is 7.28. The quantitative estimate of drug-likeness (QED) is 0.135. The average molecular weight is 716 g/mol. The average Bonchev–Trinajstić information content (AvgIpc) is 3.17. The van der Waals surface area contributed by atoms with E-state index in [2.05, 4.69) is 73.0 Å². The van der Waals surface area contributed by atoms with Gasteiger partial charge in [0.25, 0.3) is 0 Å². The predicted octanol–water partition coefficient (Wildman–Crippen LogP) is 9.93. The fourth-order valence-corrected chi connectivity index (χ4v) is 7.01. The molecule has 0 saturated heterocycles. The van der Waals surface area contributed by atoms with Gasteiger partial charge in [-0.1, -0.05) is 159 Å². The van der Waals surface area contributed by atoms with Gasteiger partial charge in [0.2, 0.25) is 0 Å². The molecule has 0 spiro atoms. The minimum Gasteiger partial charge on any atom is -0.381 e. The maximum Gasteiger partial charge on any atom is 0.191 e. The van der Waals surface area contributed by atoms with Gasteiger partial charge in [0.15, 0.2) is 11.6 Å². The third kappa shape index (κ3) is 8.74. The number of benzene rings is 4. The van der Waals surface area contributed by atoms with Gasteiger partial charge in [-0.05, 0) is 47.2 Å². The van der Waals surface area contributed by atoms with Gasteiger partial charge in [-0.2, -0.15) is 0 Å². The Labute approximate surface area is 312 Å². The number of Topliss-reactive ketones (excluding diaryl/α,β-unsaturated/α-hetero) is 2. The summed E-state index contributed by atoms with van der Waals surface area (Å²) >= 11 is 0. The second kappa shape index (κ2) is 18.1. The predicted molar refractivity (Wildman–Crippen MR) is 204 cm³/mol. The Morgan fingerprint density at radius 3 is 1.12 bits per heavy atom.